The maximum absolute atomic E-state index is 12.0. The molecular weight excluding hydrogens is 302 g/mol. The van der Waals surface area contributed by atoms with Crippen molar-refractivity contribution in [1.29, 1.82) is 0 Å². The monoisotopic (exact) mass is 323 g/mol. The lowest BCUT2D eigenvalue weighted by Gasteiger charge is -2.22. The summed E-state index contributed by atoms with van der Waals surface area (Å²) >= 11 is 1.12. The van der Waals surface area contributed by atoms with Gasteiger partial charge in [0.25, 0.3) is 5.03 Å². The molecule has 120 valence electrons. The zero-order chi connectivity index (χ0) is 15.9. The summed E-state index contributed by atoms with van der Waals surface area (Å²) in [6, 6.07) is 4.70. The number of rotatable bonds is 4. The van der Waals surface area contributed by atoms with Gasteiger partial charge in [-0.05, 0) is 37.6 Å². The van der Waals surface area contributed by atoms with Crippen molar-refractivity contribution in [3.63, 3.8) is 0 Å². The largest absolute Gasteiger partial charge is 0.618 e. The maximum atomic E-state index is 12.0. The van der Waals surface area contributed by atoms with Crippen molar-refractivity contribution in [2.75, 3.05) is 0 Å². The highest BCUT2D eigenvalue weighted by Crippen LogP contribution is 2.19. The number of thioether (sulfide) groups is 1. The Bertz CT molecular complexity index is 533. The number of carbonyl (C=O) groups excluding carboxylic acids is 2. The molecule has 1 aliphatic carbocycles. The van der Waals surface area contributed by atoms with Crippen molar-refractivity contribution < 1.29 is 14.3 Å². The van der Waals surface area contributed by atoms with Crippen molar-refractivity contribution >= 4 is 23.7 Å². The fourth-order valence-electron chi connectivity index (χ4n) is 2.42. The van der Waals surface area contributed by atoms with E-state index in [1.807, 2.05) is 0 Å². The Morgan fingerprint density at radius 1 is 1.32 bits per heavy atom. The normalized spacial score (nSPS) is 16.8. The highest BCUT2D eigenvalue weighted by atomic mass is 32.2. The van der Waals surface area contributed by atoms with Gasteiger partial charge in [-0.3, -0.25) is 10.1 Å². The molecule has 1 aliphatic rings. The van der Waals surface area contributed by atoms with Gasteiger partial charge < -0.3 is 10.5 Å². The van der Waals surface area contributed by atoms with Crippen LogP contribution < -0.4 is 15.4 Å². The molecule has 0 aromatic carbocycles. The summed E-state index contributed by atoms with van der Waals surface area (Å²) in [5.74, 6) is -0.401. The van der Waals surface area contributed by atoms with Crippen molar-refractivity contribution in [3.8, 4) is 0 Å². The smallest absolute Gasteiger partial charge is 0.321 e. The van der Waals surface area contributed by atoms with Crippen LogP contribution in [0.15, 0.2) is 29.4 Å². The van der Waals surface area contributed by atoms with Gasteiger partial charge in [0, 0.05) is 18.2 Å². The summed E-state index contributed by atoms with van der Waals surface area (Å²) in [6.07, 6.45) is 6.74. The minimum atomic E-state index is -0.528. The van der Waals surface area contributed by atoms with Crippen molar-refractivity contribution in [3.05, 3.63) is 29.6 Å². The Balaban J connectivity index is 1.80. The zero-order valence-corrected chi connectivity index (χ0v) is 13.4. The molecule has 0 bridgehead atoms. The molecule has 0 spiro atoms. The summed E-state index contributed by atoms with van der Waals surface area (Å²) in [5, 5.41) is 16.6. The van der Waals surface area contributed by atoms with E-state index in [0.717, 1.165) is 37.4 Å². The highest BCUT2D eigenvalue weighted by Gasteiger charge is 2.22. The Hall–Kier alpha value is -1.76. The number of carbonyl (C=O) groups is 2. The van der Waals surface area contributed by atoms with Gasteiger partial charge in [0.15, 0.2) is 6.20 Å². The molecular formula is C15H21N3O3S. The van der Waals surface area contributed by atoms with Crippen LogP contribution >= 0.6 is 11.8 Å². The van der Waals surface area contributed by atoms with Crippen LogP contribution in [0.2, 0.25) is 0 Å². The molecule has 0 saturated heterocycles. The maximum Gasteiger partial charge on any atom is 0.321 e. The predicted octanol–water partition coefficient (Wildman–Crippen LogP) is 1.96. The molecule has 1 heterocycles. The molecule has 0 radical (unpaired) electrons. The number of amides is 3. The first-order valence-corrected chi connectivity index (χ1v) is 8.40. The molecule has 1 saturated carbocycles. The lowest BCUT2D eigenvalue weighted by Crippen LogP contribution is -2.47. The van der Waals surface area contributed by atoms with E-state index in [1.165, 1.54) is 12.6 Å². The standard InChI is InChI=1S/C15H21N3O3S/c1-11(22-13-9-5-6-10-18(13)21)14(19)17-15(20)16-12-7-3-2-4-8-12/h5-6,9-12H,2-4,7-8H2,1H3,(H2,16,17,19,20). The highest BCUT2D eigenvalue weighted by molar-refractivity contribution is 8.00. The first-order chi connectivity index (χ1) is 10.6. The van der Waals surface area contributed by atoms with E-state index in [1.54, 1.807) is 25.1 Å². The van der Waals surface area contributed by atoms with Crippen molar-refractivity contribution in [1.82, 2.24) is 10.6 Å². The summed E-state index contributed by atoms with van der Waals surface area (Å²) in [4.78, 5) is 23.8. The average molecular weight is 323 g/mol. The van der Waals surface area contributed by atoms with Crippen LogP contribution in [0.25, 0.3) is 0 Å². The van der Waals surface area contributed by atoms with Gasteiger partial charge in [0.1, 0.15) is 0 Å². The van der Waals surface area contributed by atoms with E-state index < -0.39 is 17.2 Å². The number of nitrogens with one attached hydrogen (secondary N) is 2. The number of hydrogen-bond donors (Lipinski definition) is 2. The zero-order valence-electron chi connectivity index (χ0n) is 12.6. The van der Waals surface area contributed by atoms with Crippen LogP contribution in [0.3, 0.4) is 0 Å². The summed E-state index contributed by atoms with van der Waals surface area (Å²) in [6.45, 7) is 1.67. The van der Waals surface area contributed by atoms with Gasteiger partial charge in [-0.2, -0.15) is 4.73 Å². The Morgan fingerprint density at radius 3 is 2.73 bits per heavy atom. The molecule has 1 aromatic heterocycles. The first kappa shape index (κ1) is 16.6. The van der Waals surface area contributed by atoms with Crippen LogP contribution in [0.1, 0.15) is 39.0 Å². The molecule has 1 atom stereocenters. The number of urea groups is 1. The topological polar surface area (TPSA) is 85.1 Å². The number of nitrogens with zero attached hydrogens (tertiary/aromatic N) is 1. The molecule has 0 aliphatic heterocycles. The number of aromatic nitrogens is 1. The minimum Gasteiger partial charge on any atom is -0.618 e. The number of imide groups is 1. The minimum absolute atomic E-state index is 0.155. The molecule has 1 fully saturated rings. The Kier molecular flexibility index (Phi) is 6.06. The molecule has 6 nitrogen and oxygen atoms in total. The molecule has 22 heavy (non-hydrogen) atoms. The lowest BCUT2D eigenvalue weighted by molar-refractivity contribution is -0.645. The molecule has 1 unspecified atom stereocenters. The van der Waals surface area contributed by atoms with E-state index in [2.05, 4.69) is 10.6 Å². The van der Waals surface area contributed by atoms with E-state index in [0.29, 0.717) is 9.76 Å². The predicted molar refractivity (Wildman–Crippen MR) is 84.3 cm³/mol. The second kappa shape index (κ2) is 8.03. The average Bonchev–Trinajstić information content (AvgIpc) is 2.50. The van der Waals surface area contributed by atoms with Gasteiger partial charge >= 0.3 is 6.03 Å². The third-order valence-electron chi connectivity index (χ3n) is 3.63. The van der Waals surface area contributed by atoms with Crippen LogP contribution in [0, 0.1) is 5.21 Å². The van der Waals surface area contributed by atoms with Gasteiger partial charge in [-0.1, -0.05) is 19.3 Å². The number of pyridine rings is 1. The van der Waals surface area contributed by atoms with Crippen molar-refractivity contribution in [2.24, 2.45) is 0 Å². The summed E-state index contributed by atoms with van der Waals surface area (Å²) in [7, 11) is 0. The fraction of sp³-hybridized carbons (Fsp3) is 0.533. The molecule has 3 amide bonds. The first-order valence-electron chi connectivity index (χ1n) is 7.52. The summed E-state index contributed by atoms with van der Waals surface area (Å²) in [5.41, 5.74) is 0. The van der Waals surface area contributed by atoms with E-state index >= 15 is 0 Å². The Morgan fingerprint density at radius 2 is 2.05 bits per heavy atom. The molecule has 2 rings (SSSR count). The number of hydrogen-bond acceptors (Lipinski definition) is 4. The second-order valence-corrected chi connectivity index (χ2v) is 6.78. The van der Waals surface area contributed by atoms with Crippen LogP contribution in [0.4, 0.5) is 4.79 Å². The van der Waals surface area contributed by atoms with Crippen LogP contribution in [0.5, 0.6) is 0 Å². The van der Waals surface area contributed by atoms with Gasteiger partial charge in [-0.25, -0.2) is 4.79 Å². The third-order valence-corrected chi connectivity index (χ3v) is 4.76. The third kappa shape index (κ3) is 4.91. The molecule has 1 aromatic rings. The van der Waals surface area contributed by atoms with Crippen LogP contribution in [-0.4, -0.2) is 23.2 Å². The SMILES string of the molecule is CC(Sc1cccc[n+]1[O-])C(=O)NC(=O)NC1CCCCC1. The van der Waals surface area contributed by atoms with Gasteiger partial charge in [0.2, 0.25) is 5.91 Å². The van der Waals surface area contributed by atoms with E-state index in [-0.39, 0.29) is 6.04 Å². The van der Waals surface area contributed by atoms with Gasteiger partial charge in [-0.15, -0.1) is 0 Å². The molecule has 7 heteroatoms. The second-order valence-electron chi connectivity index (χ2n) is 5.42. The summed E-state index contributed by atoms with van der Waals surface area (Å²) < 4.78 is 0.705. The fourth-order valence-corrected chi connectivity index (χ4v) is 3.27. The lowest BCUT2D eigenvalue weighted by atomic mass is 9.96. The van der Waals surface area contributed by atoms with Crippen LogP contribution in [-0.2, 0) is 4.79 Å². The van der Waals surface area contributed by atoms with Gasteiger partial charge in [0.05, 0.1) is 5.25 Å². The quantitative estimate of drug-likeness (QED) is 0.504. The van der Waals surface area contributed by atoms with E-state index in [4.69, 9.17) is 0 Å². The van der Waals surface area contributed by atoms with E-state index in [9.17, 15) is 14.8 Å². The molecule has 2 N–H and O–H groups in total. The van der Waals surface area contributed by atoms with Crippen molar-refractivity contribution in [2.45, 2.75) is 55.3 Å². The Labute approximate surface area is 134 Å².